The van der Waals surface area contributed by atoms with Crippen LogP contribution in [0.3, 0.4) is 0 Å². The van der Waals surface area contributed by atoms with Crippen LogP contribution in [0.2, 0.25) is 5.02 Å². The quantitative estimate of drug-likeness (QED) is 0.405. The summed E-state index contributed by atoms with van der Waals surface area (Å²) >= 11 is 7.64. The van der Waals surface area contributed by atoms with E-state index in [4.69, 9.17) is 16.6 Å². The molecule has 0 radical (unpaired) electrons. The lowest BCUT2D eigenvalue weighted by atomic mass is 10.1. The lowest BCUT2D eigenvalue weighted by Gasteiger charge is -2.34. The van der Waals surface area contributed by atoms with Crippen LogP contribution >= 0.6 is 22.9 Å². The van der Waals surface area contributed by atoms with Crippen molar-refractivity contribution in [2.45, 2.75) is 13.1 Å². The fraction of sp³-hybridized carbons (Fsp3) is 0.240. The second-order valence-corrected chi connectivity index (χ2v) is 9.45. The predicted octanol–water partition coefficient (Wildman–Crippen LogP) is 4.67. The average molecular weight is 478 g/mol. The van der Waals surface area contributed by atoms with Crippen LogP contribution in [0.25, 0.3) is 10.6 Å². The fourth-order valence-corrected chi connectivity index (χ4v) is 4.91. The number of thiazole rings is 1. The van der Waals surface area contributed by atoms with Gasteiger partial charge in [0.2, 0.25) is 0 Å². The summed E-state index contributed by atoms with van der Waals surface area (Å²) in [5, 5.41) is 3.85. The van der Waals surface area contributed by atoms with Gasteiger partial charge in [0.05, 0.1) is 12.0 Å². The molecule has 0 spiro atoms. The molecular weight excluding hydrogens is 454 g/mol. The third-order valence-electron chi connectivity index (χ3n) is 5.81. The van der Waals surface area contributed by atoms with E-state index in [1.165, 1.54) is 0 Å². The summed E-state index contributed by atoms with van der Waals surface area (Å²) in [7, 11) is 0. The minimum absolute atomic E-state index is 0.0995. The van der Waals surface area contributed by atoms with E-state index in [-0.39, 0.29) is 5.91 Å². The first-order chi connectivity index (χ1) is 16.1. The average Bonchev–Trinajstić information content (AvgIpc) is 3.53. The minimum Gasteiger partial charge on any atom is -0.336 e. The van der Waals surface area contributed by atoms with Crippen molar-refractivity contribution < 1.29 is 4.79 Å². The van der Waals surface area contributed by atoms with Crippen LogP contribution in [0.4, 0.5) is 0 Å². The van der Waals surface area contributed by atoms with Crippen molar-refractivity contribution >= 4 is 28.8 Å². The first kappa shape index (κ1) is 21.8. The Labute approximate surface area is 202 Å². The summed E-state index contributed by atoms with van der Waals surface area (Å²) in [6.45, 7) is 4.70. The number of aromatic nitrogens is 3. The number of carbonyl (C=O) groups is 1. The number of hydrogen-bond donors (Lipinski definition) is 0. The van der Waals surface area contributed by atoms with Gasteiger partial charge in [-0.3, -0.25) is 9.69 Å². The molecule has 0 N–H and O–H groups in total. The maximum absolute atomic E-state index is 12.9. The summed E-state index contributed by atoms with van der Waals surface area (Å²) in [6.07, 6.45) is 5.50. The molecule has 8 heteroatoms. The second-order valence-electron chi connectivity index (χ2n) is 8.15. The predicted molar refractivity (Wildman–Crippen MR) is 132 cm³/mol. The molecule has 168 valence electrons. The van der Waals surface area contributed by atoms with Crippen LogP contribution in [-0.4, -0.2) is 56.4 Å². The lowest BCUT2D eigenvalue weighted by molar-refractivity contribution is 0.0627. The Morgan fingerprint density at radius 3 is 2.42 bits per heavy atom. The molecule has 2 aromatic carbocycles. The number of carbonyl (C=O) groups excluding carboxylic acids is 1. The number of halogens is 1. The highest BCUT2D eigenvalue weighted by atomic mass is 35.5. The van der Waals surface area contributed by atoms with E-state index < -0.39 is 0 Å². The van der Waals surface area contributed by atoms with Gasteiger partial charge in [0.15, 0.2) is 0 Å². The third kappa shape index (κ3) is 5.33. The standard InChI is InChI=1S/C25H24ClN5OS/c26-22-7-5-20(6-8-22)24-28-23(17-33-24)16-29-11-13-31(14-12-29)25(32)21-3-1-19(2-4-21)15-30-10-9-27-18-30/h1-10,17-18H,11-16H2. The number of rotatable bonds is 6. The highest BCUT2D eigenvalue weighted by Gasteiger charge is 2.22. The molecule has 0 saturated carbocycles. The zero-order valence-electron chi connectivity index (χ0n) is 18.1. The lowest BCUT2D eigenvalue weighted by Crippen LogP contribution is -2.48. The van der Waals surface area contributed by atoms with E-state index in [9.17, 15) is 4.79 Å². The van der Waals surface area contributed by atoms with Gasteiger partial charge in [-0.1, -0.05) is 35.9 Å². The summed E-state index contributed by atoms with van der Waals surface area (Å²) in [4.78, 5) is 26.1. The molecule has 1 aliphatic heterocycles. The van der Waals surface area contributed by atoms with Crippen molar-refractivity contribution in [3.8, 4) is 10.6 Å². The van der Waals surface area contributed by atoms with Crippen molar-refractivity contribution in [3.05, 3.63) is 94.5 Å². The fourth-order valence-electron chi connectivity index (χ4n) is 3.97. The van der Waals surface area contributed by atoms with Crippen LogP contribution < -0.4 is 0 Å². The number of nitrogens with zero attached hydrogens (tertiary/aromatic N) is 5. The molecule has 1 saturated heterocycles. The molecule has 3 heterocycles. The molecule has 33 heavy (non-hydrogen) atoms. The topological polar surface area (TPSA) is 54.3 Å². The third-order valence-corrected chi connectivity index (χ3v) is 7.01. The molecule has 0 aliphatic carbocycles. The number of imidazole rings is 1. The van der Waals surface area contributed by atoms with E-state index in [2.05, 4.69) is 15.3 Å². The first-order valence-electron chi connectivity index (χ1n) is 10.9. The Morgan fingerprint density at radius 1 is 0.970 bits per heavy atom. The second kappa shape index (κ2) is 9.87. The summed E-state index contributed by atoms with van der Waals surface area (Å²) in [6, 6.07) is 15.7. The van der Waals surface area contributed by atoms with Crippen LogP contribution in [0.1, 0.15) is 21.6 Å². The molecular formula is C25H24ClN5OS. The van der Waals surface area contributed by atoms with Crippen LogP contribution in [0.5, 0.6) is 0 Å². The largest absolute Gasteiger partial charge is 0.336 e. The first-order valence-corrected chi connectivity index (χ1v) is 12.2. The van der Waals surface area contributed by atoms with Gasteiger partial charge in [0.1, 0.15) is 5.01 Å². The zero-order valence-corrected chi connectivity index (χ0v) is 19.7. The molecule has 0 atom stereocenters. The van der Waals surface area contributed by atoms with Gasteiger partial charge in [-0.05, 0) is 29.8 Å². The van der Waals surface area contributed by atoms with Gasteiger partial charge < -0.3 is 9.47 Å². The zero-order chi connectivity index (χ0) is 22.6. The summed E-state index contributed by atoms with van der Waals surface area (Å²) in [5.74, 6) is 0.0995. The van der Waals surface area contributed by atoms with Crippen LogP contribution in [0, 0.1) is 0 Å². The van der Waals surface area contributed by atoms with Gasteiger partial charge in [0, 0.05) is 73.2 Å². The minimum atomic E-state index is 0.0995. The molecule has 1 aliphatic rings. The highest BCUT2D eigenvalue weighted by Crippen LogP contribution is 2.26. The Hall–Kier alpha value is -3.00. The Balaban J connectivity index is 1.13. The summed E-state index contributed by atoms with van der Waals surface area (Å²) < 4.78 is 2.01. The smallest absolute Gasteiger partial charge is 0.253 e. The number of benzene rings is 2. The van der Waals surface area contributed by atoms with Gasteiger partial charge >= 0.3 is 0 Å². The van der Waals surface area contributed by atoms with Gasteiger partial charge in [0.25, 0.3) is 5.91 Å². The molecule has 0 bridgehead atoms. The van der Waals surface area contributed by atoms with Crippen molar-refractivity contribution in [1.29, 1.82) is 0 Å². The number of piperazine rings is 1. The van der Waals surface area contributed by atoms with Gasteiger partial charge in [-0.15, -0.1) is 11.3 Å². The van der Waals surface area contributed by atoms with Crippen molar-refractivity contribution in [2.24, 2.45) is 0 Å². The molecule has 2 aromatic heterocycles. The maximum Gasteiger partial charge on any atom is 0.253 e. The van der Waals surface area contributed by atoms with Gasteiger partial charge in [-0.25, -0.2) is 9.97 Å². The van der Waals surface area contributed by atoms with Gasteiger partial charge in [-0.2, -0.15) is 0 Å². The van der Waals surface area contributed by atoms with Crippen LogP contribution in [-0.2, 0) is 13.1 Å². The monoisotopic (exact) mass is 477 g/mol. The normalized spacial score (nSPS) is 14.5. The molecule has 4 aromatic rings. The van der Waals surface area contributed by atoms with E-state index in [1.54, 1.807) is 23.9 Å². The molecule has 6 nitrogen and oxygen atoms in total. The van der Waals surface area contributed by atoms with Crippen molar-refractivity contribution in [1.82, 2.24) is 24.3 Å². The van der Waals surface area contributed by atoms with E-state index in [0.717, 1.165) is 71.7 Å². The molecule has 1 fully saturated rings. The Kier molecular flexibility index (Phi) is 6.53. The summed E-state index contributed by atoms with van der Waals surface area (Å²) in [5.41, 5.74) is 4.04. The molecule has 0 unspecified atom stereocenters. The Bertz CT molecular complexity index is 1200. The SMILES string of the molecule is O=C(c1ccc(Cn2ccnc2)cc1)N1CCN(Cc2csc(-c3ccc(Cl)cc3)n2)CC1. The van der Waals surface area contributed by atoms with Crippen molar-refractivity contribution in [3.63, 3.8) is 0 Å². The maximum atomic E-state index is 12.9. The van der Waals surface area contributed by atoms with Crippen LogP contribution in [0.15, 0.2) is 72.6 Å². The van der Waals surface area contributed by atoms with E-state index in [0.29, 0.717) is 0 Å². The number of amides is 1. The Morgan fingerprint density at radius 2 is 1.73 bits per heavy atom. The van der Waals surface area contributed by atoms with Crippen molar-refractivity contribution in [2.75, 3.05) is 26.2 Å². The molecule has 1 amide bonds. The van der Waals surface area contributed by atoms with E-state index in [1.807, 2.05) is 64.2 Å². The molecule has 5 rings (SSSR count). The highest BCUT2D eigenvalue weighted by molar-refractivity contribution is 7.13. The number of hydrogen-bond acceptors (Lipinski definition) is 5. The van der Waals surface area contributed by atoms with E-state index >= 15 is 0 Å².